The Hall–Kier alpha value is -3.87. The average molecular weight is 549 g/mol. The quantitative estimate of drug-likeness (QED) is 0.280. The van der Waals surface area contributed by atoms with Gasteiger partial charge in [-0.1, -0.05) is 48.5 Å². The van der Waals surface area contributed by atoms with E-state index in [1.165, 1.54) is 12.1 Å². The fourth-order valence-corrected chi connectivity index (χ4v) is 4.44. The fraction of sp³-hybridized carbons (Fsp3) is 0.394. The summed E-state index contributed by atoms with van der Waals surface area (Å²) in [5.74, 6) is 0.560. The van der Waals surface area contributed by atoms with Gasteiger partial charge in [0.15, 0.2) is 11.5 Å². The number of halogens is 1. The van der Waals surface area contributed by atoms with Crippen LogP contribution in [0.25, 0.3) is 0 Å². The third kappa shape index (κ3) is 9.40. The minimum Gasteiger partial charge on any atom is -0.490 e. The molecule has 0 bridgehead atoms. The van der Waals surface area contributed by atoms with Gasteiger partial charge in [0.1, 0.15) is 11.9 Å². The lowest BCUT2D eigenvalue weighted by molar-refractivity contribution is -0.141. The molecule has 1 unspecified atom stereocenters. The summed E-state index contributed by atoms with van der Waals surface area (Å²) in [6, 6.07) is 20.6. The van der Waals surface area contributed by atoms with Crippen LogP contribution in [-0.2, 0) is 29.0 Å². The first kappa shape index (κ1) is 30.7. The van der Waals surface area contributed by atoms with E-state index in [9.17, 15) is 14.0 Å². The van der Waals surface area contributed by atoms with Crippen LogP contribution < -0.4 is 14.8 Å². The van der Waals surface area contributed by atoms with Gasteiger partial charge in [-0.15, -0.1) is 0 Å². The van der Waals surface area contributed by atoms with Gasteiger partial charge < -0.3 is 19.7 Å². The van der Waals surface area contributed by atoms with Crippen molar-refractivity contribution in [1.29, 1.82) is 0 Å². The van der Waals surface area contributed by atoms with E-state index < -0.39 is 11.6 Å². The van der Waals surface area contributed by atoms with Crippen LogP contribution in [-0.4, -0.2) is 41.5 Å². The lowest BCUT2D eigenvalue weighted by atomic mass is 9.99. The number of hydrogen-bond acceptors (Lipinski definition) is 4. The van der Waals surface area contributed by atoms with Gasteiger partial charge in [0.25, 0.3) is 0 Å². The Morgan fingerprint density at radius 2 is 1.48 bits per heavy atom. The molecular formula is C33H41FN2O4. The van der Waals surface area contributed by atoms with Gasteiger partial charge in [-0.2, -0.15) is 0 Å². The molecule has 6 nitrogen and oxygen atoms in total. The van der Waals surface area contributed by atoms with Gasteiger partial charge in [-0.05, 0) is 82.0 Å². The molecule has 1 atom stereocenters. The maximum absolute atomic E-state index is 13.9. The van der Waals surface area contributed by atoms with Crippen molar-refractivity contribution >= 4 is 11.8 Å². The topological polar surface area (TPSA) is 67.9 Å². The number of amides is 2. The standard InChI is InChI=1S/C33H41FN2O4/c1-6-39-29-19-15-25(22-30(29)40-7-2)16-20-31(37)36(23-26-13-17-27(34)18-14-26)28(32(38)35-33(3,4)5)21-24-11-9-8-10-12-24/h8-15,17-19,22,28H,6-7,16,20-21,23H2,1-5H3,(H,35,38). The van der Waals surface area contributed by atoms with Crippen molar-refractivity contribution < 1.29 is 23.5 Å². The Balaban J connectivity index is 1.91. The number of aryl methyl sites for hydroxylation is 1. The van der Waals surface area contributed by atoms with Crippen LogP contribution in [0, 0.1) is 5.82 Å². The molecule has 3 aromatic rings. The first-order valence-corrected chi connectivity index (χ1v) is 13.9. The summed E-state index contributed by atoms with van der Waals surface area (Å²) in [4.78, 5) is 29.2. The zero-order valence-corrected chi connectivity index (χ0v) is 24.2. The van der Waals surface area contributed by atoms with Crippen LogP contribution in [0.3, 0.4) is 0 Å². The lowest BCUT2D eigenvalue weighted by Crippen LogP contribution is -2.54. The second-order valence-corrected chi connectivity index (χ2v) is 10.7. The maximum Gasteiger partial charge on any atom is 0.243 e. The maximum atomic E-state index is 13.9. The van der Waals surface area contributed by atoms with Crippen molar-refractivity contribution in [3.05, 3.63) is 95.3 Å². The Labute approximate surface area is 237 Å². The third-order valence-electron chi connectivity index (χ3n) is 6.27. The minimum absolute atomic E-state index is 0.166. The SMILES string of the molecule is CCOc1ccc(CCC(=O)N(Cc2ccc(F)cc2)C(Cc2ccccc2)C(=O)NC(C)(C)C)cc1OCC. The van der Waals surface area contributed by atoms with Gasteiger partial charge in [0.05, 0.1) is 13.2 Å². The van der Waals surface area contributed by atoms with E-state index in [0.717, 1.165) is 16.7 Å². The lowest BCUT2D eigenvalue weighted by Gasteiger charge is -2.34. The van der Waals surface area contributed by atoms with Gasteiger partial charge in [-0.25, -0.2) is 4.39 Å². The second kappa shape index (κ2) is 14.5. The minimum atomic E-state index is -0.751. The molecule has 3 aromatic carbocycles. The summed E-state index contributed by atoms with van der Waals surface area (Å²) in [6.07, 6.45) is 1.01. The van der Waals surface area contributed by atoms with Crippen molar-refractivity contribution in [2.75, 3.05) is 13.2 Å². The number of nitrogens with zero attached hydrogens (tertiary/aromatic N) is 1. The molecule has 0 saturated carbocycles. The van der Waals surface area contributed by atoms with Crippen LogP contribution in [0.1, 0.15) is 57.7 Å². The number of hydrogen-bond donors (Lipinski definition) is 1. The van der Waals surface area contributed by atoms with Crippen LogP contribution >= 0.6 is 0 Å². The van der Waals surface area contributed by atoms with E-state index in [4.69, 9.17) is 9.47 Å². The van der Waals surface area contributed by atoms with Crippen LogP contribution in [0.4, 0.5) is 4.39 Å². The summed E-state index contributed by atoms with van der Waals surface area (Å²) in [6.45, 7) is 10.8. The zero-order valence-electron chi connectivity index (χ0n) is 24.2. The normalized spacial score (nSPS) is 11.9. The molecule has 0 fully saturated rings. The molecule has 0 aromatic heterocycles. The third-order valence-corrected chi connectivity index (χ3v) is 6.27. The number of rotatable bonds is 13. The smallest absolute Gasteiger partial charge is 0.243 e. The molecule has 0 saturated heterocycles. The molecule has 0 heterocycles. The van der Waals surface area contributed by atoms with Crippen molar-refractivity contribution in [3.8, 4) is 11.5 Å². The van der Waals surface area contributed by atoms with E-state index in [1.54, 1.807) is 17.0 Å². The van der Waals surface area contributed by atoms with Gasteiger partial charge in [0.2, 0.25) is 11.8 Å². The highest BCUT2D eigenvalue weighted by Gasteiger charge is 2.32. The average Bonchev–Trinajstić information content (AvgIpc) is 2.91. The molecule has 214 valence electrons. The Bertz CT molecular complexity index is 1240. The summed E-state index contributed by atoms with van der Waals surface area (Å²) in [7, 11) is 0. The van der Waals surface area contributed by atoms with Crippen LogP contribution in [0.5, 0.6) is 11.5 Å². The molecule has 0 aliphatic heterocycles. The molecule has 0 aliphatic carbocycles. The van der Waals surface area contributed by atoms with Gasteiger partial charge >= 0.3 is 0 Å². The summed E-state index contributed by atoms with van der Waals surface area (Å²) in [5.41, 5.74) is 2.15. The molecule has 0 spiro atoms. The highest BCUT2D eigenvalue weighted by atomic mass is 19.1. The molecule has 1 N–H and O–H groups in total. The number of ether oxygens (including phenoxy) is 2. The first-order chi connectivity index (χ1) is 19.1. The van der Waals surface area contributed by atoms with E-state index >= 15 is 0 Å². The van der Waals surface area contributed by atoms with Crippen LogP contribution in [0.15, 0.2) is 72.8 Å². The largest absolute Gasteiger partial charge is 0.490 e. The van der Waals surface area contributed by atoms with Crippen molar-refractivity contribution in [3.63, 3.8) is 0 Å². The fourth-order valence-electron chi connectivity index (χ4n) is 4.44. The van der Waals surface area contributed by atoms with E-state index in [-0.39, 0.29) is 30.6 Å². The number of nitrogens with one attached hydrogen (secondary N) is 1. The highest BCUT2D eigenvalue weighted by molar-refractivity contribution is 5.88. The number of benzene rings is 3. The van der Waals surface area contributed by atoms with Gasteiger partial charge in [0, 0.05) is 24.9 Å². The summed E-state index contributed by atoms with van der Waals surface area (Å²) < 4.78 is 25.1. The molecule has 0 aliphatic rings. The molecular weight excluding hydrogens is 507 g/mol. The molecule has 40 heavy (non-hydrogen) atoms. The Morgan fingerprint density at radius 1 is 0.850 bits per heavy atom. The number of carbonyl (C=O) groups is 2. The van der Waals surface area contributed by atoms with Crippen molar-refractivity contribution in [1.82, 2.24) is 10.2 Å². The summed E-state index contributed by atoms with van der Waals surface area (Å²) >= 11 is 0. The summed E-state index contributed by atoms with van der Waals surface area (Å²) in [5, 5.41) is 3.06. The van der Waals surface area contributed by atoms with E-state index in [2.05, 4.69) is 5.32 Å². The highest BCUT2D eigenvalue weighted by Crippen LogP contribution is 2.29. The molecule has 0 radical (unpaired) electrons. The predicted octanol–water partition coefficient (Wildman–Crippen LogP) is 6.11. The zero-order chi connectivity index (χ0) is 29.1. The Morgan fingerprint density at radius 3 is 2.10 bits per heavy atom. The van der Waals surface area contributed by atoms with Crippen molar-refractivity contribution in [2.45, 2.75) is 72.0 Å². The Kier molecular flexibility index (Phi) is 11.1. The molecule has 3 rings (SSSR count). The second-order valence-electron chi connectivity index (χ2n) is 10.7. The van der Waals surface area contributed by atoms with Crippen LogP contribution in [0.2, 0.25) is 0 Å². The van der Waals surface area contributed by atoms with E-state index in [0.29, 0.717) is 37.6 Å². The number of carbonyl (C=O) groups excluding carboxylic acids is 2. The molecule has 7 heteroatoms. The first-order valence-electron chi connectivity index (χ1n) is 13.9. The predicted molar refractivity (Wildman–Crippen MR) is 156 cm³/mol. The monoisotopic (exact) mass is 548 g/mol. The molecule has 2 amide bonds. The van der Waals surface area contributed by atoms with Crippen molar-refractivity contribution in [2.24, 2.45) is 0 Å². The van der Waals surface area contributed by atoms with Gasteiger partial charge in [-0.3, -0.25) is 9.59 Å². The van der Waals surface area contributed by atoms with E-state index in [1.807, 2.05) is 83.1 Å².